The third-order valence-electron chi connectivity index (χ3n) is 11.2. The Labute approximate surface area is 412 Å². The molecule has 0 aliphatic carbocycles. The van der Waals surface area contributed by atoms with Gasteiger partial charge in [0.15, 0.2) is 6.10 Å². The van der Waals surface area contributed by atoms with Gasteiger partial charge in [-0.25, -0.2) is 0 Å². The number of unbranched alkanes of at least 4 members (excludes halogenated alkanes) is 19. The van der Waals surface area contributed by atoms with Crippen LogP contribution in [0.3, 0.4) is 0 Å². The summed E-state index contributed by atoms with van der Waals surface area (Å²) in [6.45, 7) is 6.47. The van der Waals surface area contributed by atoms with Crippen molar-refractivity contribution >= 4 is 17.9 Å². The molecule has 0 aliphatic heterocycles. The van der Waals surface area contributed by atoms with E-state index in [1.807, 2.05) is 0 Å². The first-order valence-electron chi connectivity index (χ1n) is 27.4. The lowest BCUT2D eigenvalue weighted by molar-refractivity contribution is -0.167. The lowest BCUT2D eigenvalue weighted by Crippen LogP contribution is -2.30. The summed E-state index contributed by atoms with van der Waals surface area (Å²) < 4.78 is 16.7. The molecule has 0 rings (SSSR count). The van der Waals surface area contributed by atoms with Crippen LogP contribution in [0.5, 0.6) is 0 Å². The van der Waals surface area contributed by atoms with Crippen molar-refractivity contribution in [2.75, 3.05) is 13.2 Å². The molecule has 0 saturated heterocycles. The van der Waals surface area contributed by atoms with E-state index in [-0.39, 0.29) is 44.0 Å². The standard InChI is InChI=1S/C61H100O6/c1-4-7-10-13-16-19-22-25-28-30-33-35-38-41-44-47-50-53-59(62)65-56-58(67-61(64)55-52-49-46-43-40-37-32-27-24-21-18-15-12-9-6-3)57-66-60(63)54-51-48-45-42-39-36-34-31-29-26-23-20-17-14-11-8-5-2/h16,18-19,21,25-29,32-36,40,42-43,45,58H,4-15,17,20,22-24,30-31,37-39,41,44,46-57H2,1-3H3/b19-16-,21-18-,28-25-,29-26-,32-27-,35-33-,36-34-,43-40-,45-42-/t58-/m1/s1. The number of rotatable bonds is 48. The highest BCUT2D eigenvalue weighted by Crippen LogP contribution is 2.12. The Balaban J connectivity index is 4.57. The molecule has 0 fully saturated rings. The van der Waals surface area contributed by atoms with Crippen molar-refractivity contribution in [3.8, 4) is 0 Å². The van der Waals surface area contributed by atoms with Crippen LogP contribution >= 0.6 is 0 Å². The van der Waals surface area contributed by atoms with Crippen molar-refractivity contribution < 1.29 is 28.6 Å². The van der Waals surface area contributed by atoms with Crippen LogP contribution in [0.1, 0.15) is 239 Å². The number of hydrogen-bond acceptors (Lipinski definition) is 6. The predicted octanol–water partition coefficient (Wildman–Crippen LogP) is 18.3. The van der Waals surface area contributed by atoms with Crippen LogP contribution in [0.2, 0.25) is 0 Å². The number of carbonyl (C=O) groups excluding carboxylic acids is 3. The van der Waals surface area contributed by atoms with Crippen molar-refractivity contribution in [3.05, 3.63) is 109 Å². The van der Waals surface area contributed by atoms with E-state index in [9.17, 15) is 14.4 Å². The van der Waals surface area contributed by atoms with Crippen LogP contribution in [0.25, 0.3) is 0 Å². The van der Waals surface area contributed by atoms with Crippen molar-refractivity contribution in [3.63, 3.8) is 0 Å². The summed E-state index contributed by atoms with van der Waals surface area (Å²) in [4.78, 5) is 38.0. The fraction of sp³-hybridized carbons (Fsp3) is 0.656. The lowest BCUT2D eigenvalue weighted by atomic mass is 10.1. The minimum Gasteiger partial charge on any atom is -0.462 e. The highest BCUT2D eigenvalue weighted by Gasteiger charge is 2.19. The molecule has 0 saturated carbocycles. The van der Waals surface area contributed by atoms with Crippen LogP contribution < -0.4 is 0 Å². The Morgan fingerprint density at radius 1 is 0.299 bits per heavy atom. The first-order valence-corrected chi connectivity index (χ1v) is 27.4. The Morgan fingerprint density at radius 2 is 0.552 bits per heavy atom. The first-order chi connectivity index (χ1) is 33.0. The van der Waals surface area contributed by atoms with Gasteiger partial charge >= 0.3 is 17.9 Å². The normalized spacial score (nSPS) is 12.9. The lowest BCUT2D eigenvalue weighted by Gasteiger charge is -2.18. The van der Waals surface area contributed by atoms with Gasteiger partial charge in [-0.15, -0.1) is 0 Å². The second-order valence-electron chi connectivity index (χ2n) is 17.8. The SMILES string of the molecule is CCCCC/C=C\C/C=C\C/C=C\CCCCCCC(=O)OC[C@H](COC(=O)CCC/C=C\C/C=C\C/C=C\CCCCCCCC)OC(=O)CCCC/C=C\C/C=C\C/C=C\CCCCC. The molecule has 0 unspecified atom stereocenters. The average molecular weight is 929 g/mol. The van der Waals surface area contributed by atoms with Crippen molar-refractivity contribution in [2.24, 2.45) is 0 Å². The van der Waals surface area contributed by atoms with Crippen LogP contribution in [0, 0.1) is 0 Å². The van der Waals surface area contributed by atoms with E-state index in [4.69, 9.17) is 14.2 Å². The van der Waals surface area contributed by atoms with E-state index < -0.39 is 6.10 Å². The third-order valence-corrected chi connectivity index (χ3v) is 11.2. The van der Waals surface area contributed by atoms with Gasteiger partial charge in [0.1, 0.15) is 13.2 Å². The molecule has 0 aromatic rings. The molecule has 0 aromatic carbocycles. The van der Waals surface area contributed by atoms with Crippen LogP contribution in [-0.2, 0) is 28.6 Å². The zero-order valence-corrected chi connectivity index (χ0v) is 43.4. The van der Waals surface area contributed by atoms with Gasteiger partial charge in [-0.2, -0.15) is 0 Å². The number of ether oxygens (including phenoxy) is 3. The Morgan fingerprint density at radius 3 is 0.955 bits per heavy atom. The van der Waals surface area contributed by atoms with Gasteiger partial charge in [0.2, 0.25) is 0 Å². The molecular formula is C61H100O6. The predicted molar refractivity (Wildman–Crippen MR) is 288 cm³/mol. The quantitative estimate of drug-likeness (QED) is 0.0262. The van der Waals surface area contributed by atoms with Gasteiger partial charge < -0.3 is 14.2 Å². The minimum absolute atomic E-state index is 0.123. The zero-order chi connectivity index (χ0) is 48.6. The summed E-state index contributed by atoms with van der Waals surface area (Å²) >= 11 is 0. The van der Waals surface area contributed by atoms with Gasteiger partial charge in [-0.05, 0) is 128 Å². The molecule has 0 heterocycles. The molecule has 0 aliphatic rings. The second kappa shape index (κ2) is 54.7. The fourth-order valence-electron chi connectivity index (χ4n) is 7.06. The van der Waals surface area contributed by atoms with Crippen molar-refractivity contribution in [1.82, 2.24) is 0 Å². The second-order valence-corrected chi connectivity index (χ2v) is 17.8. The maximum absolute atomic E-state index is 12.8. The van der Waals surface area contributed by atoms with Gasteiger partial charge in [-0.3, -0.25) is 14.4 Å². The number of carbonyl (C=O) groups is 3. The summed E-state index contributed by atoms with van der Waals surface area (Å²) in [5.41, 5.74) is 0. The van der Waals surface area contributed by atoms with Crippen molar-refractivity contribution in [2.45, 2.75) is 245 Å². The minimum atomic E-state index is -0.830. The Hall–Kier alpha value is -3.93. The van der Waals surface area contributed by atoms with E-state index >= 15 is 0 Å². The molecule has 6 heteroatoms. The molecule has 0 amide bonds. The smallest absolute Gasteiger partial charge is 0.306 e. The summed E-state index contributed by atoms with van der Waals surface area (Å²) in [6, 6.07) is 0. The molecular weight excluding hydrogens is 829 g/mol. The molecule has 0 radical (unpaired) electrons. The molecule has 0 bridgehead atoms. The van der Waals surface area contributed by atoms with E-state index in [0.29, 0.717) is 19.3 Å². The number of allylic oxidation sites excluding steroid dienone is 18. The number of hydrogen-bond donors (Lipinski definition) is 0. The number of esters is 3. The molecule has 0 aromatic heterocycles. The maximum atomic E-state index is 12.8. The van der Waals surface area contributed by atoms with E-state index in [1.54, 1.807) is 0 Å². The molecule has 0 spiro atoms. The van der Waals surface area contributed by atoms with Gasteiger partial charge in [0.25, 0.3) is 0 Å². The Bertz CT molecular complexity index is 1390. The topological polar surface area (TPSA) is 78.9 Å². The van der Waals surface area contributed by atoms with E-state index in [1.165, 1.54) is 96.3 Å². The average Bonchev–Trinajstić information content (AvgIpc) is 3.33. The van der Waals surface area contributed by atoms with Crippen LogP contribution in [-0.4, -0.2) is 37.2 Å². The highest BCUT2D eigenvalue weighted by molar-refractivity contribution is 5.71. The molecule has 67 heavy (non-hydrogen) atoms. The Kier molecular flexibility index (Phi) is 51.5. The first kappa shape index (κ1) is 63.1. The summed E-state index contributed by atoms with van der Waals surface area (Å²) in [5, 5.41) is 0. The van der Waals surface area contributed by atoms with Crippen molar-refractivity contribution in [1.29, 1.82) is 0 Å². The van der Waals surface area contributed by atoms with Gasteiger partial charge in [0, 0.05) is 19.3 Å². The highest BCUT2D eigenvalue weighted by atomic mass is 16.6. The molecule has 1 atom stereocenters. The summed E-state index contributed by atoms with van der Waals surface area (Å²) in [5.74, 6) is -1.04. The van der Waals surface area contributed by atoms with E-state index in [0.717, 1.165) is 89.9 Å². The fourth-order valence-corrected chi connectivity index (χ4v) is 7.06. The monoisotopic (exact) mass is 929 g/mol. The molecule has 0 N–H and O–H groups in total. The molecule has 6 nitrogen and oxygen atoms in total. The largest absolute Gasteiger partial charge is 0.462 e. The van der Waals surface area contributed by atoms with Gasteiger partial charge in [0.05, 0.1) is 0 Å². The zero-order valence-electron chi connectivity index (χ0n) is 43.4. The van der Waals surface area contributed by atoms with Crippen LogP contribution in [0.15, 0.2) is 109 Å². The van der Waals surface area contributed by atoms with Gasteiger partial charge in [-0.1, -0.05) is 201 Å². The summed E-state index contributed by atoms with van der Waals surface area (Å²) in [6.07, 6.45) is 73.6. The summed E-state index contributed by atoms with van der Waals surface area (Å²) in [7, 11) is 0. The van der Waals surface area contributed by atoms with E-state index in [2.05, 4.69) is 130 Å². The maximum Gasteiger partial charge on any atom is 0.306 e. The third kappa shape index (κ3) is 52.9. The van der Waals surface area contributed by atoms with Crippen LogP contribution in [0.4, 0.5) is 0 Å². The molecule has 380 valence electrons.